The van der Waals surface area contributed by atoms with Crippen molar-refractivity contribution in [1.29, 1.82) is 0 Å². The van der Waals surface area contributed by atoms with Gasteiger partial charge in [0.2, 0.25) is 0 Å². The zero-order valence-electron chi connectivity index (χ0n) is 16.4. The Morgan fingerprint density at radius 1 is 1.06 bits per heavy atom. The average molecular weight is 461 g/mol. The Balaban J connectivity index is 1.66. The van der Waals surface area contributed by atoms with Crippen molar-refractivity contribution in [2.75, 3.05) is 0 Å². The number of alkyl halides is 3. The van der Waals surface area contributed by atoms with E-state index in [9.17, 15) is 18.0 Å². The minimum atomic E-state index is -4.51. The van der Waals surface area contributed by atoms with E-state index in [0.29, 0.717) is 27.2 Å². The molecule has 32 heavy (non-hydrogen) atoms. The number of carbonyl (C=O) groups is 1. The number of halogens is 4. The van der Waals surface area contributed by atoms with Crippen LogP contribution in [0, 0.1) is 0 Å². The number of ether oxygens (including phenoxy) is 1. The van der Waals surface area contributed by atoms with E-state index < -0.39 is 17.7 Å². The maximum absolute atomic E-state index is 13.3. The van der Waals surface area contributed by atoms with E-state index in [1.807, 2.05) is 0 Å². The number of rotatable bonds is 6. The number of carboxylic acids is 1. The van der Waals surface area contributed by atoms with Crippen LogP contribution in [0.1, 0.15) is 27.0 Å². The number of fused-ring (bicyclic) bond motifs is 1. The molecular formula is C23H16ClF3N2O3. The first-order chi connectivity index (χ1) is 15.2. The first kappa shape index (κ1) is 21.7. The summed E-state index contributed by atoms with van der Waals surface area (Å²) in [5.74, 6) is -0.783. The first-order valence-electron chi connectivity index (χ1n) is 9.47. The second-order valence-electron chi connectivity index (χ2n) is 7.12. The maximum Gasteiger partial charge on any atom is 0.416 e. The molecule has 0 bridgehead atoms. The van der Waals surface area contributed by atoms with E-state index in [-0.39, 0.29) is 18.7 Å². The van der Waals surface area contributed by atoms with Gasteiger partial charge in [-0.05, 0) is 54.1 Å². The van der Waals surface area contributed by atoms with Gasteiger partial charge in [0.05, 0.1) is 29.4 Å². The van der Waals surface area contributed by atoms with Crippen molar-refractivity contribution in [2.24, 2.45) is 0 Å². The van der Waals surface area contributed by atoms with Gasteiger partial charge in [0.15, 0.2) is 0 Å². The fourth-order valence-corrected chi connectivity index (χ4v) is 3.40. The highest BCUT2D eigenvalue weighted by Gasteiger charge is 2.31. The molecule has 0 aliphatic heterocycles. The van der Waals surface area contributed by atoms with Crippen LogP contribution in [-0.4, -0.2) is 20.9 Å². The van der Waals surface area contributed by atoms with E-state index in [4.69, 9.17) is 21.4 Å². The molecule has 4 aromatic rings. The molecule has 1 N–H and O–H groups in total. The quantitative estimate of drug-likeness (QED) is 0.381. The lowest BCUT2D eigenvalue weighted by atomic mass is 10.1. The molecule has 1 heterocycles. The summed E-state index contributed by atoms with van der Waals surface area (Å²) in [5.41, 5.74) is 1.00. The van der Waals surface area contributed by atoms with Crippen molar-refractivity contribution < 1.29 is 27.8 Å². The van der Waals surface area contributed by atoms with Gasteiger partial charge >= 0.3 is 12.1 Å². The molecule has 164 valence electrons. The topological polar surface area (TPSA) is 64.3 Å². The monoisotopic (exact) mass is 460 g/mol. The third-order valence-corrected chi connectivity index (χ3v) is 5.16. The van der Waals surface area contributed by atoms with E-state index in [2.05, 4.69) is 5.10 Å². The van der Waals surface area contributed by atoms with E-state index >= 15 is 0 Å². The van der Waals surface area contributed by atoms with Gasteiger partial charge in [0.1, 0.15) is 12.4 Å². The van der Waals surface area contributed by atoms with Gasteiger partial charge in [-0.15, -0.1) is 0 Å². The normalized spacial score (nSPS) is 11.6. The summed E-state index contributed by atoms with van der Waals surface area (Å²) in [6.45, 7) is 0.160. The number of nitrogens with zero attached hydrogens (tertiary/aromatic N) is 2. The number of aromatic nitrogens is 2. The second kappa shape index (κ2) is 8.55. The summed E-state index contributed by atoms with van der Waals surface area (Å²) in [6.07, 6.45) is -3.03. The summed E-state index contributed by atoms with van der Waals surface area (Å²) in [4.78, 5) is 11.2. The van der Waals surface area contributed by atoms with Crippen LogP contribution in [0.5, 0.6) is 5.75 Å². The lowest BCUT2D eigenvalue weighted by molar-refractivity contribution is -0.137. The SMILES string of the molecule is O=C(O)c1ccc2c(cnn2Cc2cc(C(F)(F)F)ccc2OCc2ccc(Cl)cc2)c1. The molecule has 0 spiro atoms. The molecule has 0 aliphatic carbocycles. The Morgan fingerprint density at radius 3 is 2.50 bits per heavy atom. The van der Waals surface area contributed by atoms with Gasteiger partial charge in [-0.2, -0.15) is 18.3 Å². The first-order valence-corrected chi connectivity index (χ1v) is 9.85. The van der Waals surface area contributed by atoms with Gasteiger partial charge in [-0.25, -0.2) is 4.79 Å². The highest BCUT2D eigenvalue weighted by molar-refractivity contribution is 6.30. The largest absolute Gasteiger partial charge is 0.489 e. The number of aromatic carboxylic acids is 1. The molecule has 3 aromatic carbocycles. The van der Waals surface area contributed by atoms with Gasteiger partial charge < -0.3 is 9.84 Å². The Labute approximate surface area is 185 Å². The standard InChI is InChI=1S/C23H16ClF3N2O3/c24-19-5-1-14(2-6-19)13-32-21-8-4-18(23(25,26)27)10-17(21)12-29-20-7-3-15(22(30)31)9-16(20)11-28-29/h1-11H,12-13H2,(H,30,31). The van der Waals surface area contributed by atoms with Crippen molar-refractivity contribution in [3.05, 3.63) is 94.1 Å². The molecule has 0 amide bonds. The van der Waals surface area contributed by atoms with Crippen molar-refractivity contribution in [2.45, 2.75) is 19.3 Å². The van der Waals surface area contributed by atoms with Gasteiger partial charge in [-0.3, -0.25) is 4.68 Å². The number of carboxylic acid groups (broad SMARTS) is 1. The summed E-state index contributed by atoms with van der Waals surface area (Å²) in [7, 11) is 0. The van der Waals surface area contributed by atoms with Crippen molar-refractivity contribution in [1.82, 2.24) is 9.78 Å². The molecule has 0 saturated carbocycles. The highest BCUT2D eigenvalue weighted by atomic mass is 35.5. The molecular weight excluding hydrogens is 445 g/mol. The van der Waals surface area contributed by atoms with E-state index in [1.165, 1.54) is 29.1 Å². The molecule has 1 aromatic heterocycles. The predicted octanol–water partition coefficient (Wildman–Crippen LogP) is 6.03. The molecule has 0 fully saturated rings. The summed E-state index contributed by atoms with van der Waals surface area (Å²) < 4.78 is 47.2. The van der Waals surface area contributed by atoms with Crippen LogP contribution < -0.4 is 4.74 Å². The van der Waals surface area contributed by atoms with Gasteiger partial charge in [0.25, 0.3) is 0 Å². The maximum atomic E-state index is 13.3. The van der Waals surface area contributed by atoms with Gasteiger partial charge in [-0.1, -0.05) is 23.7 Å². The van der Waals surface area contributed by atoms with Crippen LogP contribution >= 0.6 is 11.6 Å². The molecule has 9 heteroatoms. The molecule has 5 nitrogen and oxygen atoms in total. The molecule has 0 radical (unpaired) electrons. The van der Waals surface area contributed by atoms with Crippen LogP contribution in [0.3, 0.4) is 0 Å². The Bertz CT molecular complexity index is 1280. The Hall–Kier alpha value is -3.52. The zero-order valence-corrected chi connectivity index (χ0v) is 17.2. The zero-order chi connectivity index (χ0) is 22.9. The average Bonchev–Trinajstić information content (AvgIpc) is 3.15. The second-order valence-corrected chi connectivity index (χ2v) is 7.55. The van der Waals surface area contributed by atoms with E-state index in [1.54, 1.807) is 30.3 Å². The third-order valence-electron chi connectivity index (χ3n) is 4.90. The van der Waals surface area contributed by atoms with Crippen molar-refractivity contribution in [3.8, 4) is 5.75 Å². The fraction of sp³-hybridized carbons (Fsp3) is 0.130. The minimum Gasteiger partial charge on any atom is -0.489 e. The van der Waals surface area contributed by atoms with Crippen LogP contribution in [0.15, 0.2) is 66.9 Å². The molecule has 4 rings (SSSR count). The lowest BCUT2D eigenvalue weighted by Crippen LogP contribution is -2.09. The summed E-state index contributed by atoms with van der Waals surface area (Å²) >= 11 is 5.88. The minimum absolute atomic E-state index is 0.00971. The third kappa shape index (κ3) is 4.70. The number of hydrogen-bond donors (Lipinski definition) is 1. The Morgan fingerprint density at radius 2 is 1.81 bits per heavy atom. The van der Waals surface area contributed by atoms with Gasteiger partial charge in [0, 0.05) is 16.0 Å². The van der Waals surface area contributed by atoms with Crippen LogP contribution in [0.25, 0.3) is 10.9 Å². The smallest absolute Gasteiger partial charge is 0.416 e. The molecule has 0 unspecified atom stereocenters. The predicted molar refractivity (Wildman–Crippen MR) is 113 cm³/mol. The summed E-state index contributed by atoms with van der Waals surface area (Å²) in [5, 5.41) is 14.5. The number of hydrogen-bond acceptors (Lipinski definition) is 3. The van der Waals surface area contributed by atoms with Crippen LogP contribution in [-0.2, 0) is 19.3 Å². The van der Waals surface area contributed by atoms with Crippen LogP contribution in [0.2, 0.25) is 5.02 Å². The van der Waals surface area contributed by atoms with Crippen molar-refractivity contribution >= 4 is 28.5 Å². The Kier molecular flexibility index (Phi) is 5.80. The highest BCUT2D eigenvalue weighted by Crippen LogP contribution is 2.33. The van der Waals surface area contributed by atoms with Crippen molar-refractivity contribution in [3.63, 3.8) is 0 Å². The van der Waals surface area contributed by atoms with Crippen LogP contribution in [0.4, 0.5) is 13.2 Å². The molecule has 0 saturated heterocycles. The molecule has 0 atom stereocenters. The number of benzene rings is 3. The summed E-state index contributed by atoms with van der Waals surface area (Å²) in [6, 6.07) is 14.7. The fourth-order valence-electron chi connectivity index (χ4n) is 3.27. The lowest BCUT2D eigenvalue weighted by Gasteiger charge is -2.15. The van der Waals surface area contributed by atoms with E-state index in [0.717, 1.165) is 17.7 Å². The molecule has 0 aliphatic rings.